The summed E-state index contributed by atoms with van der Waals surface area (Å²) in [7, 11) is 2.87. The molecule has 0 unspecified atom stereocenters. The Hall–Kier alpha value is 1.02. The molecule has 0 saturated carbocycles. The van der Waals surface area contributed by atoms with Crippen LogP contribution in [0, 0.1) is 0 Å². The molecule has 0 aromatic rings. The summed E-state index contributed by atoms with van der Waals surface area (Å²) in [6.07, 6.45) is 0. The van der Waals surface area contributed by atoms with Crippen LogP contribution in [0.1, 0.15) is 0 Å². The second kappa shape index (κ2) is 13.6. The molecule has 0 radical (unpaired) electrons. The van der Waals surface area contributed by atoms with Crippen molar-refractivity contribution in [2.45, 2.75) is 0 Å². The van der Waals surface area contributed by atoms with Crippen LogP contribution in [0.5, 0.6) is 0 Å². The summed E-state index contributed by atoms with van der Waals surface area (Å²) in [4.78, 5) is 0. The third kappa shape index (κ3) is 35.6. The van der Waals surface area contributed by atoms with Crippen LogP contribution >= 0.6 is 24.4 Å². The van der Waals surface area contributed by atoms with E-state index in [9.17, 15) is 0 Å². The van der Waals surface area contributed by atoms with Crippen LogP contribution < -0.4 is 11.5 Å². The fourth-order valence-electron chi connectivity index (χ4n) is 0. The van der Waals surface area contributed by atoms with Crippen LogP contribution in [0.25, 0.3) is 0 Å². The van der Waals surface area contributed by atoms with Gasteiger partial charge in [-0.2, -0.15) is 0 Å². The summed E-state index contributed by atoms with van der Waals surface area (Å²) in [5, 5.41) is 0.176. The van der Waals surface area contributed by atoms with E-state index in [1.54, 1.807) is 0 Å². The molecule has 0 bridgehead atoms. The van der Waals surface area contributed by atoms with E-state index in [2.05, 4.69) is 33.9 Å². The fraction of sp³-hybridized carbons (Fsp3) is 0.500. The van der Waals surface area contributed by atoms with Gasteiger partial charge in [0.15, 0.2) is 0 Å². The van der Waals surface area contributed by atoms with Crippen molar-refractivity contribution in [3.8, 4) is 0 Å². The molecule has 0 aromatic carbocycles. The summed E-state index contributed by atoms with van der Waals surface area (Å²) in [6, 6.07) is 0. The number of thiocarbonyl (C=S) groups is 2. The number of nitrogens with two attached hydrogens (primary N) is 2. The van der Waals surface area contributed by atoms with Gasteiger partial charge in [0.25, 0.3) is 10.3 Å². The van der Waals surface area contributed by atoms with Gasteiger partial charge in [0.1, 0.15) is 0 Å². The molecule has 0 fully saturated rings. The molecule has 4 nitrogen and oxygen atoms in total. The van der Waals surface area contributed by atoms with E-state index < -0.39 is 0 Å². The topological polar surface area (TPSA) is 70.5 Å². The molecule has 0 spiro atoms. The van der Waals surface area contributed by atoms with Gasteiger partial charge in [-0.3, -0.25) is 0 Å². The van der Waals surface area contributed by atoms with Crippen LogP contribution in [0.15, 0.2) is 0 Å². The Balaban J connectivity index is -0.000000107. The molecule has 0 amide bonds. The number of hydrogen-bond acceptors (Lipinski definition) is 4. The predicted octanol–water partition coefficient (Wildman–Crippen LogP) is -0.896. The summed E-state index contributed by atoms with van der Waals surface area (Å²) < 4.78 is 8.52. The molecule has 0 saturated heterocycles. The Kier molecular flexibility index (Phi) is 22.2. The number of methoxy groups -OCH3 is 2. The van der Waals surface area contributed by atoms with Crippen molar-refractivity contribution in [1.29, 1.82) is 0 Å². The molecule has 11 heavy (non-hydrogen) atoms. The van der Waals surface area contributed by atoms with Crippen molar-refractivity contribution in [3.05, 3.63) is 0 Å². The predicted molar refractivity (Wildman–Crippen MR) is 54.7 cm³/mol. The summed E-state index contributed by atoms with van der Waals surface area (Å²) in [5.74, 6) is 0. The van der Waals surface area contributed by atoms with Crippen molar-refractivity contribution in [2.24, 2.45) is 11.5 Å². The van der Waals surface area contributed by atoms with Gasteiger partial charge in [-0.25, -0.2) is 0 Å². The summed E-state index contributed by atoms with van der Waals surface area (Å²) in [5.41, 5.74) is 9.60. The Morgan fingerprint density at radius 2 is 1.09 bits per heavy atom. The van der Waals surface area contributed by atoms with Gasteiger partial charge in [0.2, 0.25) is 0 Å². The zero-order chi connectivity index (χ0) is 8.57. The van der Waals surface area contributed by atoms with E-state index in [-0.39, 0.29) is 61.7 Å². The Labute approximate surface area is 119 Å². The minimum absolute atomic E-state index is 0. The standard InChI is InChI=1S/2C2H5NOS.K.H/c2*1-4-2(3)5;;/h2*1H3,(H2,3,5);;. The maximum absolute atomic E-state index is 4.80. The zero-order valence-electron chi connectivity index (χ0n) is 5.79. The SMILES string of the molecule is COC(N)=S.COC(N)=S.[KH]. The normalized spacial score (nSPS) is 6.00. The third-order valence-corrected chi connectivity index (χ3v) is 0.736. The van der Waals surface area contributed by atoms with E-state index in [4.69, 9.17) is 11.5 Å². The molecule has 4 N–H and O–H groups in total. The van der Waals surface area contributed by atoms with E-state index >= 15 is 0 Å². The molecular weight excluding hydrogens is 211 g/mol. The van der Waals surface area contributed by atoms with Crippen molar-refractivity contribution < 1.29 is 9.47 Å². The molecule has 0 rings (SSSR count). The number of ether oxygens (including phenoxy) is 2. The molecule has 0 atom stereocenters. The van der Waals surface area contributed by atoms with Crippen molar-refractivity contribution >= 4 is 86.2 Å². The average molecular weight is 222 g/mol. The molecule has 0 aliphatic heterocycles. The Bertz CT molecular complexity index is 109. The van der Waals surface area contributed by atoms with Gasteiger partial charge in [-0.15, -0.1) is 0 Å². The van der Waals surface area contributed by atoms with Crippen LogP contribution in [0.4, 0.5) is 0 Å². The minimum atomic E-state index is 0. The second-order valence-corrected chi connectivity index (χ2v) is 1.85. The van der Waals surface area contributed by atoms with Crippen LogP contribution in [0.3, 0.4) is 0 Å². The molecule has 62 valence electrons. The first kappa shape index (κ1) is 17.9. The number of hydrogen-bond donors (Lipinski definition) is 2. The Morgan fingerprint density at radius 1 is 1.00 bits per heavy atom. The first-order valence-corrected chi connectivity index (χ1v) is 3.03. The van der Waals surface area contributed by atoms with Gasteiger partial charge in [-0.05, 0) is 24.4 Å². The van der Waals surface area contributed by atoms with Gasteiger partial charge in [0.05, 0.1) is 14.2 Å². The van der Waals surface area contributed by atoms with Crippen LogP contribution in [0.2, 0.25) is 0 Å². The second-order valence-electron chi connectivity index (χ2n) is 1.05. The molecular formula is C4H11KN2O2S2. The number of rotatable bonds is 0. The molecule has 7 heteroatoms. The molecule has 0 heterocycles. The molecule has 0 aliphatic carbocycles. The zero-order valence-corrected chi connectivity index (χ0v) is 7.42. The third-order valence-electron chi connectivity index (χ3n) is 0.402. The molecule has 0 aliphatic rings. The quantitative estimate of drug-likeness (QED) is 0.409. The summed E-state index contributed by atoms with van der Waals surface area (Å²) in [6.45, 7) is 0. The van der Waals surface area contributed by atoms with Gasteiger partial charge in [0, 0.05) is 0 Å². The first-order valence-electron chi connectivity index (χ1n) is 2.21. The fourth-order valence-corrected chi connectivity index (χ4v) is 0. The van der Waals surface area contributed by atoms with E-state index in [1.165, 1.54) is 14.2 Å². The van der Waals surface area contributed by atoms with Crippen molar-refractivity contribution in [2.75, 3.05) is 14.2 Å². The Morgan fingerprint density at radius 3 is 1.09 bits per heavy atom. The first-order chi connectivity index (χ1) is 4.54. The van der Waals surface area contributed by atoms with Crippen molar-refractivity contribution in [3.63, 3.8) is 0 Å². The van der Waals surface area contributed by atoms with Gasteiger partial charge in [-0.1, -0.05) is 0 Å². The van der Waals surface area contributed by atoms with E-state index in [0.717, 1.165) is 0 Å². The van der Waals surface area contributed by atoms with Crippen LogP contribution in [-0.2, 0) is 9.47 Å². The summed E-state index contributed by atoms with van der Waals surface area (Å²) >= 11 is 8.50. The maximum atomic E-state index is 4.80. The van der Waals surface area contributed by atoms with Crippen molar-refractivity contribution in [1.82, 2.24) is 0 Å². The van der Waals surface area contributed by atoms with Gasteiger partial charge < -0.3 is 20.9 Å². The van der Waals surface area contributed by atoms with E-state index in [1.807, 2.05) is 0 Å². The van der Waals surface area contributed by atoms with E-state index in [0.29, 0.717) is 0 Å². The monoisotopic (exact) mass is 222 g/mol. The molecule has 0 aromatic heterocycles. The average Bonchev–Trinajstić information content (AvgIpc) is 1.89. The van der Waals surface area contributed by atoms with Gasteiger partial charge >= 0.3 is 51.4 Å². The van der Waals surface area contributed by atoms with Crippen LogP contribution in [-0.4, -0.2) is 76.0 Å².